The number of nitriles is 1. The number of nitrogen functional groups attached to an aromatic ring is 1. The van der Waals surface area contributed by atoms with Crippen LogP contribution in [0.2, 0.25) is 5.02 Å². The van der Waals surface area contributed by atoms with Crippen molar-refractivity contribution in [1.82, 2.24) is 9.55 Å². The Bertz CT molecular complexity index is 975. The van der Waals surface area contributed by atoms with Crippen molar-refractivity contribution in [3.8, 4) is 11.8 Å². The molecule has 118 valence electrons. The molecule has 0 radical (unpaired) electrons. The first-order chi connectivity index (χ1) is 11.6. The van der Waals surface area contributed by atoms with Gasteiger partial charge < -0.3 is 11.1 Å². The van der Waals surface area contributed by atoms with Crippen LogP contribution in [0.25, 0.3) is 5.69 Å². The van der Waals surface area contributed by atoms with Gasteiger partial charge in [0.1, 0.15) is 6.07 Å². The van der Waals surface area contributed by atoms with Gasteiger partial charge in [0.05, 0.1) is 5.69 Å². The smallest absolute Gasteiger partial charge is 0.279 e. The summed E-state index contributed by atoms with van der Waals surface area (Å²) in [4.78, 5) is 16.8. The van der Waals surface area contributed by atoms with E-state index in [1.807, 2.05) is 24.3 Å². The number of nitrogens with one attached hydrogen (secondary N) is 1. The number of hydrogen-bond donors (Lipinski definition) is 2. The Balaban J connectivity index is 2.13. The van der Waals surface area contributed by atoms with Crippen molar-refractivity contribution in [2.75, 3.05) is 11.1 Å². The summed E-state index contributed by atoms with van der Waals surface area (Å²) in [5, 5.41) is 12.9. The molecule has 7 heteroatoms. The molecule has 1 aromatic heterocycles. The molecule has 6 nitrogen and oxygen atoms in total. The van der Waals surface area contributed by atoms with Gasteiger partial charge in [-0.2, -0.15) is 10.2 Å². The molecule has 0 aliphatic rings. The number of para-hydroxylation sites is 1. The second-order valence-corrected chi connectivity index (χ2v) is 5.35. The SMILES string of the molecule is N#Cc1c(Nc2ccccc2)nc(N)n(-c2ccc(Cl)cc2)c1=O. The first-order valence-electron chi connectivity index (χ1n) is 7.01. The van der Waals surface area contributed by atoms with E-state index in [1.165, 1.54) is 4.57 Å². The number of aromatic nitrogens is 2. The molecular weight excluding hydrogens is 326 g/mol. The van der Waals surface area contributed by atoms with E-state index in [4.69, 9.17) is 17.3 Å². The molecule has 0 bridgehead atoms. The van der Waals surface area contributed by atoms with E-state index in [0.29, 0.717) is 16.4 Å². The summed E-state index contributed by atoms with van der Waals surface area (Å²) in [6, 6.07) is 17.5. The fourth-order valence-electron chi connectivity index (χ4n) is 2.23. The van der Waals surface area contributed by atoms with E-state index in [1.54, 1.807) is 36.4 Å². The van der Waals surface area contributed by atoms with Crippen molar-refractivity contribution in [3.63, 3.8) is 0 Å². The van der Waals surface area contributed by atoms with Gasteiger partial charge in [-0.05, 0) is 36.4 Å². The van der Waals surface area contributed by atoms with Crippen molar-refractivity contribution in [3.05, 3.63) is 75.5 Å². The fourth-order valence-corrected chi connectivity index (χ4v) is 2.35. The molecule has 3 aromatic rings. The van der Waals surface area contributed by atoms with E-state index >= 15 is 0 Å². The molecule has 3 N–H and O–H groups in total. The average molecular weight is 338 g/mol. The zero-order chi connectivity index (χ0) is 17.1. The molecule has 24 heavy (non-hydrogen) atoms. The van der Waals surface area contributed by atoms with Crippen LogP contribution < -0.4 is 16.6 Å². The Hall–Kier alpha value is -3.30. The minimum atomic E-state index is -0.550. The molecular formula is C17H12ClN5O. The monoisotopic (exact) mass is 337 g/mol. The number of hydrogen-bond acceptors (Lipinski definition) is 5. The summed E-state index contributed by atoms with van der Waals surface area (Å²) in [6.45, 7) is 0. The van der Waals surface area contributed by atoms with E-state index in [9.17, 15) is 10.1 Å². The van der Waals surface area contributed by atoms with Gasteiger partial charge in [0.2, 0.25) is 5.95 Å². The third kappa shape index (κ3) is 2.93. The van der Waals surface area contributed by atoms with Gasteiger partial charge in [0, 0.05) is 10.7 Å². The van der Waals surface area contributed by atoms with Gasteiger partial charge >= 0.3 is 0 Å². The number of nitrogens with two attached hydrogens (primary N) is 1. The zero-order valence-electron chi connectivity index (χ0n) is 12.4. The first kappa shape index (κ1) is 15.6. The molecule has 0 atom stereocenters. The molecule has 0 amide bonds. The van der Waals surface area contributed by atoms with Crippen LogP contribution in [0.1, 0.15) is 5.56 Å². The molecule has 0 saturated carbocycles. The van der Waals surface area contributed by atoms with E-state index in [-0.39, 0.29) is 17.3 Å². The highest BCUT2D eigenvalue weighted by Crippen LogP contribution is 2.20. The molecule has 0 aliphatic carbocycles. The second-order valence-electron chi connectivity index (χ2n) is 4.91. The van der Waals surface area contributed by atoms with Crippen molar-refractivity contribution in [2.24, 2.45) is 0 Å². The summed E-state index contributed by atoms with van der Waals surface area (Å²) < 4.78 is 1.17. The largest absolute Gasteiger partial charge is 0.369 e. The van der Waals surface area contributed by atoms with Crippen LogP contribution in [0.5, 0.6) is 0 Å². The molecule has 2 aromatic carbocycles. The van der Waals surface area contributed by atoms with E-state index in [2.05, 4.69) is 10.3 Å². The Morgan fingerprint density at radius 1 is 1.12 bits per heavy atom. The van der Waals surface area contributed by atoms with Gasteiger partial charge in [-0.15, -0.1) is 0 Å². The highest BCUT2D eigenvalue weighted by Gasteiger charge is 2.16. The topological polar surface area (TPSA) is 96.7 Å². The summed E-state index contributed by atoms with van der Waals surface area (Å²) in [7, 11) is 0. The van der Waals surface area contributed by atoms with Gasteiger partial charge in [-0.25, -0.2) is 4.57 Å². The zero-order valence-corrected chi connectivity index (χ0v) is 13.2. The lowest BCUT2D eigenvalue weighted by molar-refractivity contribution is 0.950. The van der Waals surface area contributed by atoms with Crippen LogP contribution in [0.15, 0.2) is 59.4 Å². The molecule has 3 rings (SSSR count). The average Bonchev–Trinajstić information content (AvgIpc) is 2.57. The number of halogens is 1. The molecule has 0 fully saturated rings. The third-order valence-electron chi connectivity index (χ3n) is 3.34. The maximum absolute atomic E-state index is 12.7. The Morgan fingerprint density at radius 3 is 2.42 bits per heavy atom. The summed E-state index contributed by atoms with van der Waals surface area (Å²) in [5.74, 6) is 0.0937. The number of nitrogens with zero attached hydrogens (tertiary/aromatic N) is 3. The van der Waals surface area contributed by atoms with Gasteiger partial charge in [0.25, 0.3) is 5.56 Å². The number of rotatable bonds is 3. The molecule has 1 heterocycles. The predicted octanol–water partition coefficient (Wildman–Crippen LogP) is 3.08. The van der Waals surface area contributed by atoms with Crippen molar-refractivity contribution >= 4 is 29.1 Å². The first-order valence-corrected chi connectivity index (χ1v) is 7.38. The van der Waals surface area contributed by atoms with Crippen LogP contribution in [0.4, 0.5) is 17.5 Å². The second kappa shape index (κ2) is 6.44. The predicted molar refractivity (Wildman–Crippen MR) is 93.7 cm³/mol. The van der Waals surface area contributed by atoms with Gasteiger partial charge in [-0.1, -0.05) is 29.8 Å². The van der Waals surface area contributed by atoms with Crippen LogP contribution in [0.3, 0.4) is 0 Å². The van der Waals surface area contributed by atoms with Crippen molar-refractivity contribution < 1.29 is 0 Å². The highest BCUT2D eigenvalue weighted by atomic mass is 35.5. The lowest BCUT2D eigenvalue weighted by atomic mass is 10.2. The molecule has 0 aliphatic heterocycles. The van der Waals surface area contributed by atoms with Crippen LogP contribution in [-0.2, 0) is 0 Å². The number of benzene rings is 2. The van der Waals surface area contributed by atoms with Gasteiger partial charge in [0.15, 0.2) is 11.4 Å². The van der Waals surface area contributed by atoms with Crippen LogP contribution >= 0.6 is 11.6 Å². The summed E-state index contributed by atoms with van der Waals surface area (Å²) >= 11 is 5.86. The number of anilines is 3. The van der Waals surface area contributed by atoms with E-state index in [0.717, 1.165) is 0 Å². The maximum atomic E-state index is 12.7. The Labute approximate surface area is 142 Å². The molecule has 0 unspecified atom stereocenters. The minimum absolute atomic E-state index is 0.0280. The fraction of sp³-hybridized carbons (Fsp3) is 0. The molecule has 0 spiro atoms. The normalized spacial score (nSPS) is 10.2. The minimum Gasteiger partial charge on any atom is -0.369 e. The van der Waals surface area contributed by atoms with Crippen molar-refractivity contribution in [2.45, 2.75) is 0 Å². The third-order valence-corrected chi connectivity index (χ3v) is 3.59. The van der Waals surface area contributed by atoms with Crippen LogP contribution in [0, 0.1) is 11.3 Å². The summed E-state index contributed by atoms with van der Waals surface area (Å²) in [5.41, 5.74) is 6.45. The highest BCUT2D eigenvalue weighted by molar-refractivity contribution is 6.30. The quantitative estimate of drug-likeness (QED) is 0.765. The standard InChI is InChI=1S/C17H12ClN5O/c18-11-6-8-13(9-7-11)23-16(24)14(10-19)15(22-17(23)20)21-12-4-2-1-3-5-12/h1-9,21H,(H2,20,22). The lowest BCUT2D eigenvalue weighted by Gasteiger charge is -2.13. The van der Waals surface area contributed by atoms with E-state index < -0.39 is 5.56 Å². The maximum Gasteiger partial charge on any atom is 0.279 e. The summed E-state index contributed by atoms with van der Waals surface area (Å²) in [6.07, 6.45) is 0. The lowest BCUT2D eigenvalue weighted by Crippen LogP contribution is -2.26. The van der Waals surface area contributed by atoms with Crippen molar-refractivity contribution in [1.29, 1.82) is 5.26 Å². The Morgan fingerprint density at radius 2 is 1.79 bits per heavy atom. The van der Waals surface area contributed by atoms with Gasteiger partial charge in [-0.3, -0.25) is 4.79 Å². The molecule has 0 saturated heterocycles. The van der Waals surface area contributed by atoms with Crippen LogP contribution in [-0.4, -0.2) is 9.55 Å². The Kier molecular flexibility index (Phi) is 4.18.